The smallest absolute Gasteiger partial charge is 0.159 e. The molecular weight excluding hydrogens is 306 g/mol. The summed E-state index contributed by atoms with van der Waals surface area (Å²) in [7, 11) is 1.96. The molecule has 3 heterocycles. The Morgan fingerprint density at radius 1 is 1.43 bits per heavy atom. The Labute approximate surface area is 132 Å². The van der Waals surface area contributed by atoms with Gasteiger partial charge in [-0.3, -0.25) is 4.68 Å². The van der Waals surface area contributed by atoms with E-state index in [1.165, 1.54) is 0 Å². The van der Waals surface area contributed by atoms with Crippen LogP contribution in [-0.2, 0) is 20.0 Å². The molecule has 0 aliphatic rings. The lowest BCUT2D eigenvalue weighted by Gasteiger charge is -2.09. The van der Waals surface area contributed by atoms with Crippen LogP contribution in [0.3, 0.4) is 0 Å². The highest BCUT2D eigenvalue weighted by molar-refractivity contribution is 7.09. The normalized spacial score (nSPS) is 13.1. The molecule has 0 aromatic carbocycles. The van der Waals surface area contributed by atoms with Crippen LogP contribution >= 0.6 is 22.9 Å². The van der Waals surface area contributed by atoms with Crippen LogP contribution in [0.5, 0.6) is 0 Å². The molecule has 5 nitrogen and oxygen atoms in total. The highest BCUT2D eigenvalue weighted by Crippen LogP contribution is 2.28. The van der Waals surface area contributed by atoms with Crippen molar-refractivity contribution < 1.29 is 0 Å². The Bertz CT molecular complexity index is 741. The van der Waals surface area contributed by atoms with E-state index in [-0.39, 0.29) is 5.38 Å². The van der Waals surface area contributed by atoms with E-state index in [0.29, 0.717) is 6.54 Å². The van der Waals surface area contributed by atoms with Gasteiger partial charge in [0.15, 0.2) is 5.65 Å². The first kappa shape index (κ1) is 14.5. The van der Waals surface area contributed by atoms with Crippen LogP contribution in [0.25, 0.3) is 11.2 Å². The molecular formula is C14H18ClN5S. The number of halogens is 1. The number of hydrogen-bond donors (Lipinski definition) is 0. The molecule has 0 amide bonds. The van der Waals surface area contributed by atoms with Crippen LogP contribution in [0.4, 0.5) is 0 Å². The molecule has 0 fully saturated rings. The predicted molar refractivity (Wildman–Crippen MR) is 86.0 cm³/mol. The summed E-state index contributed by atoms with van der Waals surface area (Å²) >= 11 is 7.97. The molecule has 3 rings (SSSR count). The Morgan fingerprint density at radius 2 is 2.24 bits per heavy atom. The van der Waals surface area contributed by atoms with E-state index in [9.17, 15) is 0 Å². The van der Waals surface area contributed by atoms with E-state index in [2.05, 4.69) is 21.6 Å². The second-order valence-corrected chi connectivity index (χ2v) is 6.72. The maximum Gasteiger partial charge on any atom is 0.159 e. The highest BCUT2D eigenvalue weighted by atomic mass is 35.5. The predicted octanol–water partition coefficient (Wildman–Crippen LogP) is 3.53. The van der Waals surface area contributed by atoms with Crippen LogP contribution in [0.15, 0.2) is 11.6 Å². The van der Waals surface area contributed by atoms with Crippen LogP contribution in [0, 0.1) is 0 Å². The number of imidazole rings is 1. The van der Waals surface area contributed by atoms with Gasteiger partial charge in [0.1, 0.15) is 16.3 Å². The standard InChI is InChI=1S/C14H18ClN5S/c1-4-5-10-12-14(19(3)18-10)20(13(17-12)9(2)15)8-11-16-6-7-21-11/h6-7,9H,4-5,8H2,1-3H3. The van der Waals surface area contributed by atoms with Gasteiger partial charge in [0, 0.05) is 18.6 Å². The lowest BCUT2D eigenvalue weighted by molar-refractivity contribution is 0.677. The van der Waals surface area contributed by atoms with Crippen LogP contribution in [0.1, 0.15) is 42.2 Å². The minimum atomic E-state index is -0.146. The fourth-order valence-electron chi connectivity index (χ4n) is 2.59. The molecule has 1 unspecified atom stereocenters. The number of rotatable bonds is 5. The van der Waals surface area contributed by atoms with E-state index in [4.69, 9.17) is 16.6 Å². The van der Waals surface area contributed by atoms with Gasteiger partial charge in [0.25, 0.3) is 0 Å². The van der Waals surface area contributed by atoms with Gasteiger partial charge in [-0.05, 0) is 13.3 Å². The molecule has 0 saturated carbocycles. The number of thiazole rings is 1. The van der Waals surface area contributed by atoms with Crippen LogP contribution < -0.4 is 0 Å². The Kier molecular flexibility index (Phi) is 3.99. The van der Waals surface area contributed by atoms with E-state index in [1.807, 2.05) is 30.2 Å². The third-order valence-corrected chi connectivity index (χ3v) is 4.40. The Morgan fingerprint density at radius 3 is 2.86 bits per heavy atom. The number of aromatic nitrogens is 5. The molecule has 0 aliphatic heterocycles. The number of hydrogen-bond acceptors (Lipinski definition) is 4. The average Bonchev–Trinajstić information content (AvgIpc) is 3.11. The lowest BCUT2D eigenvalue weighted by atomic mass is 10.2. The Hall–Kier alpha value is -1.40. The van der Waals surface area contributed by atoms with Gasteiger partial charge in [-0.2, -0.15) is 5.10 Å². The fourth-order valence-corrected chi connectivity index (χ4v) is 3.36. The number of alkyl halides is 1. The highest BCUT2D eigenvalue weighted by Gasteiger charge is 2.21. The third-order valence-electron chi connectivity index (χ3n) is 3.44. The van der Waals surface area contributed by atoms with Crippen molar-refractivity contribution in [2.24, 2.45) is 7.05 Å². The molecule has 21 heavy (non-hydrogen) atoms. The summed E-state index contributed by atoms with van der Waals surface area (Å²) in [5, 5.41) is 7.49. The minimum Gasteiger partial charge on any atom is -0.305 e. The summed E-state index contributed by atoms with van der Waals surface area (Å²) in [6.45, 7) is 4.79. The Balaban J connectivity index is 2.17. The van der Waals surface area contributed by atoms with E-state index in [0.717, 1.165) is 40.5 Å². The van der Waals surface area contributed by atoms with Gasteiger partial charge in [-0.25, -0.2) is 9.97 Å². The maximum absolute atomic E-state index is 6.33. The van der Waals surface area contributed by atoms with Gasteiger partial charge < -0.3 is 4.57 Å². The van der Waals surface area contributed by atoms with Gasteiger partial charge in [0.05, 0.1) is 17.6 Å². The number of nitrogens with zero attached hydrogens (tertiary/aromatic N) is 5. The van der Waals surface area contributed by atoms with Crippen molar-refractivity contribution in [1.82, 2.24) is 24.3 Å². The number of aryl methyl sites for hydroxylation is 2. The summed E-state index contributed by atoms with van der Waals surface area (Å²) in [5.74, 6) is 0.882. The topological polar surface area (TPSA) is 48.5 Å². The third kappa shape index (κ3) is 2.58. The van der Waals surface area contributed by atoms with E-state index in [1.54, 1.807) is 11.3 Å². The SMILES string of the molecule is CCCc1nn(C)c2c1nc(C(C)Cl)n2Cc1nccs1. The average molecular weight is 324 g/mol. The van der Waals surface area contributed by atoms with Crippen molar-refractivity contribution in [1.29, 1.82) is 0 Å². The molecule has 0 spiro atoms. The van der Waals surface area contributed by atoms with Crippen molar-refractivity contribution >= 4 is 34.1 Å². The molecule has 0 aliphatic carbocycles. The van der Waals surface area contributed by atoms with Gasteiger partial charge in [-0.15, -0.1) is 22.9 Å². The zero-order valence-electron chi connectivity index (χ0n) is 12.4. The van der Waals surface area contributed by atoms with Crippen LogP contribution in [0.2, 0.25) is 0 Å². The summed E-state index contributed by atoms with van der Waals surface area (Å²) < 4.78 is 4.04. The largest absolute Gasteiger partial charge is 0.305 e. The molecule has 1 atom stereocenters. The first-order valence-electron chi connectivity index (χ1n) is 7.06. The molecule has 0 bridgehead atoms. The summed E-state index contributed by atoms with van der Waals surface area (Å²) in [6, 6.07) is 0. The first-order chi connectivity index (χ1) is 10.1. The van der Waals surface area contributed by atoms with E-state index < -0.39 is 0 Å². The second kappa shape index (κ2) is 5.77. The van der Waals surface area contributed by atoms with Crippen molar-refractivity contribution in [3.8, 4) is 0 Å². The number of fused-ring (bicyclic) bond motifs is 1. The molecule has 0 radical (unpaired) electrons. The van der Waals surface area contributed by atoms with Crippen molar-refractivity contribution in [2.75, 3.05) is 0 Å². The fraction of sp³-hybridized carbons (Fsp3) is 0.500. The molecule has 7 heteroatoms. The maximum atomic E-state index is 6.33. The molecule has 0 N–H and O–H groups in total. The van der Waals surface area contributed by atoms with Crippen LogP contribution in [-0.4, -0.2) is 24.3 Å². The summed E-state index contributed by atoms with van der Waals surface area (Å²) in [4.78, 5) is 9.12. The van der Waals surface area contributed by atoms with E-state index >= 15 is 0 Å². The van der Waals surface area contributed by atoms with Crippen molar-refractivity contribution in [3.05, 3.63) is 28.1 Å². The molecule has 3 aromatic rings. The zero-order valence-corrected chi connectivity index (χ0v) is 13.9. The van der Waals surface area contributed by atoms with Gasteiger partial charge in [0.2, 0.25) is 0 Å². The van der Waals surface area contributed by atoms with Crippen molar-refractivity contribution in [3.63, 3.8) is 0 Å². The summed E-state index contributed by atoms with van der Waals surface area (Å²) in [5.41, 5.74) is 3.04. The summed E-state index contributed by atoms with van der Waals surface area (Å²) in [6.07, 6.45) is 3.81. The minimum absolute atomic E-state index is 0.146. The quantitative estimate of drug-likeness (QED) is 0.675. The second-order valence-electron chi connectivity index (χ2n) is 5.09. The first-order valence-corrected chi connectivity index (χ1v) is 8.37. The zero-order chi connectivity index (χ0) is 15.0. The molecule has 0 saturated heterocycles. The monoisotopic (exact) mass is 323 g/mol. The lowest BCUT2D eigenvalue weighted by Crippen LogP contribution is -2.09. The van der Waals surface area contributed by atoms with Gasteiger partial charge in [-0.1, -0.05) is 13.3 Å². The molecule has 3 aromatic heterocycles. The molecule has 112 valence electrons. The van der Waals surface area contributed by atoms with Gasteiger partial charge >= 0.3 is 0 Å². The van der Waals surface area contributed by atoms with Crippen molar-refractivity contribution in [2.45, 2.75) is 38.6 Å².